The van der Waals surface area contributed by atoms with Crippen LogP contribution in [0.3, 0.4) is 0 Å². The average molecular weight is 739 g/mol. The van der Waals surface area contributed by atoms with Gasteiger partial charge in [-0.1, -0.05) is 96.2 Å². The highest BCUT2D eigenvalue weighted by Crippen LogP contribution is 2.38. The lowest BCUT2D eigenvalue weighted by molar-refractivity contribution is -0.143. The van der Waals surface area contributed by atoms with E-state index in [1.54, 1.807) is 18.2 Å². The van der Waals surface area contributed by atoms with E-state index in [0.29, 0.717) is 42.2 Å². The molecule has 0 saturated heterocycles. The summed E-state index contributed by atoms with van der Waals surface area (Å²) >= 11 is 0. The molecule has 1 aliphatic carbocycles. The molecule has 2 aromatic rings. The normalized spacial score (nSPS) is 17.8. The van der Waals surface area contributed by atoms with E-state index in [9.17, 15) is 29.4 Å². The van der Waals surface area contributed by atoms with Crippen molar-refractivity contribution in [3.8, 4) is 5.75 Å². The van der Waals surface area contributed by atoms with Crippen LogP contribution >= 0.6 is 0 Å². The lowest BCUT2D eigenvalue weighted by atomic mass is 9.83. The molecule has 2 aliphatic rings. The van der Waals surface area contributed by atoms with E-state index in [1.807, 2.05) is 58.0 Å². The van der Waals surface area contributed by atoms with E-state index >= 15 is 0 Å². The Hall–Kier alpha value is -4.00. The first kappa shape index (κ1) is 43.4. The quantitative estimate of drug-likeness (QED) is 0.154. The molecule has 0 spiro atoms. The number of carbonyl (C=O) groups excluding carboxylic acids is 4. The minimum atomic E-state index is -1.10. The van der Waals surface area contributed by atoms with E-state index in [0.717, 1.165) is 31.2 Å². The number of nitrogens with zero attached hydrogens (tertiary/aromatic N) is 1. The standard InChI is InChI=1S/C41H60N4O7.H2O/c1-26(2)18-34(40(50)43-33(20-29-12-8-6-9-13-29)37(48)22-39(49)42-23-27(3)4)44-41(51)35(21-30-14-10-7-11-15-30)45(28(5)47)36-25-52-38-17-16-31(24-46)19-32(36)38;/h7,10-11,14-17,19,26-27,29,33-37,46,48H,6,8-9,12-13,18,20-25H2,1-5H3,(H,42,49)(H,43,50)(H,44,51);1H2/t33?,34-,35-,36?,37?;/m0./s1. The molecule has 7 N–H and O–H groups in total. The average Bonchev–Trinajstić information content (AvgIpc) is 3.52. The number of hydrogen-bond acceptors (Lipinski definition) is 7. The van der Waals surface area contributed by atoms with Crippen LogP contribution in [0.1, 0.15) is 109 Å². The van der Waals surface area contributed by atoms with Gasteiger partial charge in [-0.15, -0.1) is 0 Å². The Morgan fingerprint density at radius 2 is 1.60 bits per heavy atom. The third-order valence-electron chi connectivity index (χ3n) is 10.2. The number of fused-ring (bicyclic) bond motifs is 1. The van der Waals surface area contributed by atoms with Crippen LogP contribution in [0.15, 0.2) is 48.5 Å². The zero-order chi connectivity index (χ0) is 37.8. The first-order chi connectivity index (χ1) is 24.9. The van der Waals surface area contributed by atoms with Crippen molar-refractivity contribution in [1.82, 2.24) is 20.9 Å². The van der Waals surface area contributed by atoms with Gasteiger partial charge in [0.1, 0.15) is 24.4 Å². The predicted molar refractivity (Wildman–Crippen MR) is 204 cm³/mol. The second kappa shape index (κ2) is 21.0. The predicted octanol–water partition coefficient (Wildman–Crippen LogP) is 3.76. The molecule has 1 fully saturated rings. The van der Waals surface area contributed by atoms with Crippen LogP contribution in [0.25, 0.3) is 0 Å². The Morgan fingerprint density at radius 1 is 0.906 bits per heavy atom. The lowest BCUT2D eigenvalue weighted by Crippen LogP contribution is -2.58. The van der Waals surface area contributed by atoms with Crippen molar-refractivity contribution in [3.05, 3.63) is 65.2 Å². The summed E-state index contributed by atoms with van der Waals surface area (Å²) in [4.78, 5) is 56.5. The van der Waals surface area contributed by atoms with Crippen molar-refractivity contribution < 1.29 is 39.6 Å². The van der Waals surface area contributed by atoms with Crippen LogP contribution < -0.4 is 20.7 Å². The van der Waals surface area contributed by atoms with E-state index in [2.05, 4.69) is 16.0 Å². The molecule has 1 saturated carbocycles. The van der Waals surface area contributed by atoms with Gasteiger partial charge in [-0.2, -0.15) is 0 Å². The molecule has 53 heavy (non-hydrogen) atoms. The Kier molecular flexibility index (Phi) is 17.2. The maximum Gasteiger partial charge on any atom is 0.243 e. The summed E-state index contributed by atoms with van der Waals surface area (Å²) in [5.41, 5.74) is 2.22. The number of amides is 4. The fourth-order valence-electron chi connectivity index (χ4n) is 7.46. The van der Waals surface area contributed by atoms with Gasteiger partial charge in [0.05, 0.1) is 31.2 Å². The van der Waals surface area contributed by atoms with Crippen LogP contribution in [0.4, 0.5) is 0 Å². The van der Waals surface area contributed by atoms with Gasteiger partial charge in [0.25, 0.3) is 0 Å². The molecule has 294 valence electrons. The number of hydrogen-bond donors (Lipinski definition) is 5. The minimum Gasteiger partial charge on any atom is -0.491 e. The third-order valence-corrected chi connectivity index (χ3v) is 10.2. The van der Waals surface area contributed by atoms with Gasteiger partial charge in [0.2, 0.25) is 23.6 Å². The molecule has 5 atom stereocenters. The van der Waals surface area contributed by atoms with Gasteiger partial charge in [-0.25, -0.2) is 0 Å². The lowest BCUT2D eigenvalue weighted by Gasteiger charge is -2.36. The number of carbonyl (C=O) groups is 4. The van der Waals surface area contributed by atoms with Gasteiger partial charge in [-0.3, -0.25) is 19.2 Å². The number of aliphatic hydroxyl groups is 2. The molecular formula is C41H62N4O8. The molecular weight excluding hydrogens is 676 g/mol. The van der Waals surface area contributed by atoms with Crippen molar-refractivity contribution in [2.45, 2.75) is 129 Å². The molecule has 0 bridgehead atoms. The number of ether oxygens (including phenoxy) is 1. The summed E-state index contributed by atoms with van der Waals surface area (Å²) in [6, 6.07) is 11.5. The smallest absolute Gasteiger partial charge is 0.243 e. The molecule has 4 rings (SSSR count). The van der Waals surface area contributed by atoms with Crippen LogP contribution in [0.5, 0.6) is 5.75 Å². The summed E-state index contributed by atoms with van der Waals surface area (Å²) in [5, 5.41) is 30.1. The summed E-state index contributed by atoms with van der Waals surface area (Å²) < 4.78 is 5.95. The van der Waals surface area contributed by atoms with E-state index in [4.69, 9.17) is 4.74 Å². The maximum absolute atomic E-state index is 14.5. The largest absolute Gasteiger partial charge is 0.491 e. The summed E-state index contributed by atoms with van der Waals surface area (Å²) in [6.07, 6.45) is 5.18. The van der Waals surface area contributed by atoms with E-state index < -0.39 is 42.1 Å². The molecule has 4 amide bonds. The fraction of sp³-hybridized carbons (Fsp3) is 0.610. The first-order valence-corrected chi connectivity index (χ1v) is 19.1. The number of benzene rings is 2. The molecule has 1 aliphatic heterocycles. The summed E-state index contributed by atoms with van der Waals surface area (Å²) in [5.74, 6) is -0.321. The van der Waals surface area contributed by atoms with Crippen molar-refractivity contribution in [1.29, 1.82) is 0 Å². The summed E-state index contributed by atoms with van der Waals surface area (Å²) in [6.45, 7) is 9.81. The van der Waals surface area contributed by atoms with Crippen LogP contribution in [-0.4, -0.2) is 81.6 Å². The van der Waals surface area contributed by atoms with Gasteiger partial charge in [0, 0.05) is 25.5 Å². The van der Waals surface area contributed by atoms with Crippen molar-refractivity contribution in [3.63, 3.8) is 0 Å². The molecule has 2 aromatic carbocycles. The number of rotatable bonds is 18. The second-order valence-electron chi connectivity index (χ2n) is 15.5. The SMILES string of the molecule is CC(=O)N(C1COc2ccc(CO)cc21)[C@@H](Cc1ccccc1)C(=O)N[C@@H](CC(C)C)C(=O)NC(CC1CCCCC1)C(O)CC(=O)NCC(C)C.O. The zero-order valence-electron chi connectivity index (χ0n) is 32.1. The number of aliphatic hydroxyl groups excluding tert-OH is 2. The Labute approximate surface area is 314 Å². The van der Waals surface area contributed by atoms with Crippen LogP contribution in [-0.2, 0) is 32.2 Å². The second-order valence-corrected chi connectivity index (χ2v) is 15.5. The molecule has 12 nitrogen and oxygen atoms in total. The van der Waals surface area contributed by atoms with Crippen LogP contribution in [0.2, 0.25) is 0 Å². The maximum atomic E-state index is 14.5. The van der Waals surface area contributed by atoms with Gasteiger partial charge in [0.15, 0.2) is 0 Å². The molecule has 0 aromatic heterocycles. The van der Waals surface area contributed by atoms with Crippen molar-refractivity contribution >= 4 is 23.6 Å². The molecule has 12 heteroatoms. The minimum absolute atomic E-state index is 0. The van der Waals surface area contributed by atoms with E-state index in [-0.39, 0.29) is 55.2 Å². The van der Waals surface area contributed by atoms with Gasteiger partial charge < -0.3 is 41.3 Å². The van der Waals surface area contributed by atoms with E-state index in [1.165, 1.54) is 18.2 Å². The highest BCUT2D eigenvalue weighted by atomic mass is 16.5. The summed E-state index contributed by atoms with van der Waals surface area (Å²) in [7, 11) is 0. The van der Waals surface area contributed by atoms with Gasteiger partial charge >= 0.3 is 0 Å². The van der Waals surface area contributed by atoms with Crippen molar-refractivity contribution in [2.24, 2.45) is 17.8 Å². The molecule has 1 heterocycles. The first-order valence-electron chi connectivity index (χ1n) is 19.1. The van der Waals surface area contributed by atoms with Crippen molar-refractivity contribution in [2.75, 3.05) is 13.2 Å². The fourth-order valence-corrected chi connectivity index (χ4v) is 7.46. The highest BCUT2D eigenvalue weighted by Gasteiger charge is 2.40. The van der Waals surface area contributed by atoms with Crippen LogP contribution in [0, 0.1) is 17.8 Å². The Balaban J connectivity index is 0.00000756. The third kappa shape index (κ3) is 12.8. The molecule has 0 radical (unpaired) electrons. The monoisotopic (exact) mass is 738 g/mol. The Morgan fingerprint density at radius 3 is 2.23 bits per heavy atom. The zero-order valence-corrected chi connectivity index (χ0v) is 32.1. The Bertz CT molecular complexity index is 1480. The van der Waals surface area contributed by atoms with Gasteiger partial charge in [-0.05, 0) is 53.9 Å². The molecule has 3 unspecified atom stereocenters. The highest BCUT2D eigenvalue weighted by molar-refractivity contribution is 5.92. The number of nitrogens with one attached hydrogen (secondary N) is 3. The topological polar surface area (TPSA) is 189 Å².